The summed E-state index contributed by atoms with van der Waals surface area (Å²) in [6.07, 6.45) is 3.73. The first-order valence-corrected chi connectivity index (χ1v) is 33.5. The number of unbranched alkanes of at least 4 members (excludes halogenated alkanes) is 1. The highest BCUT2D eigenvalue weighted by Crippen LogP contribution is 2.32. The van der Waals surface area contributed by atoms with Crippen molar-refractivity contribution in [2.24, 2.45) is 9.98 Å². The fraction of sp³-hybridized carbons (Fsp3) is 0.385. The van der Waals surface area contributed by atoms with E-state index >= 15 is 0 Å². The topological polar surface area (TPSA) is 256 Å². The number of carbonyl (C=O) groups is 6. The first kappa shape index (κ1) is 78.4. The highest BCUT2D eigenvalue weighted by molar-refractivity contribution is 6.00. The Hall–Kier alpha value is -10.6. The lowest BCUT2D eigenvalue weighted by Crippen LogP contribution is -2.48. The number of hydrogen-bond donors (Lipinski definition) is 4. The average molecular weight is 1370 g/mol. The van der Waals surface area contributed by atoms with E-state index in [2.05, 4.69) is 31.3 Å². The zero-order valence-electron chi connectivity index (χ0n) is 59.7. The number of benzene rings is 6. The minimum Gasteiger partial charge on any atom is -0.485 e. The second kappa shape index (κ2) is 39.1. The zero-order valence-corrected chi connectivity index (χ0v) is 59.7. The van der Waals surface area contributed by atoms with Crippen molar-refractivity contribution in [1.82, 2.24) is 31.1 Å². The SMILES string of the molecule is CC(C)(C)OC(=O)/N=C(\NC(=O)OC(C)(C)C)N(CCCCN(CCCNC(=O)/C=C/c1ccc(OCc2ccccc2)c(OCc2ccccc2)c1)/C(=N/C(=O)OC(C)(C)C)NC(=O)OC(C)(C)C)CCCNC(=O)/C=C/c1ccc(OCc2ccccc2)c(OCc2ccccc2)c1. The van der Waals surface area contributed by atoms with Crippen LogP contribution in [-0.4, -0.2) is 120 Å². The highest BCUT2D eigenvalue weighted by atomic mass is 16.6. The zero-order chi connectivity index (χ0) is 72.6. The van der Waals surface area contributed by atoms with Crippen molar-refractivity contribution >= 4 is 60.3 Å². The van der Waals surface area contributed by atoms with Gasteiger partial charge in [-0.2, -0.15) is 0 Å². The summed E-state index contributed by atoms with van der Waals surface area (Å²) in [5.41, 5.74) is 1.56. The van der Waals surface area contributed by atoms with E-state index in [0.717, 1.165) is 22.3 Å². The summed E-state index contributed by atoms with van der Waals surface area (Å²) < 4.78 is 47.3. The van der Waals surface area contributed by atoms with E-state index in [0.29, 0.717) is 86.2 Å². The number of nitrogens with zero attached hydrogens (tertiary/aromatic N) is 4. The van der Waals surface area contributed by atoms with Gasteiger partial charge in [0, 0.05) is 51.4 Å². The van der Waals surface area contributed by atoms with Gasteiger partial charge in [-0.1, -0.05) is 133 Å². The Morgan fingerprint density at radius 3 is 0.960 bits per heavy atom. The molecule has 22 heteroatoms. The molecule has 534 valence electrons. The Labute approximate surface area is 588 Å². The lowest BCUT2D eigenvalue weighted by Gasteiger charge is -2.29. The van der Waals surface area contributed by atoms with Crippen molar-refractivity contribution in [1.29, 1.82) is 0 Å². The van der Waals surface area contributed by atoms with Crippen LogP contribution in [0.1, 0.15) is 142 Å². The van der Waals surface area contributed by atoms with E-state index in [4.69, 9.17) is 37.9 Å². The number of carbonyl (C=O) groups excluding carboxylic acids is 6. The quantitative estimate of drug-likeness (QED) is 0.0112. The summed E-state index contributed by atoms with van der Waals surface area (Å²) in [6.45, 7) is 22.5. The minimum absolute atomic E-state index is 0.148. The van der Waals surface area contributed by atoms with Gasteiger partial charge in [-0.25, -0.2) is 19.2 Å². The molecule has 0 saturated heterocycles. The van der Waals surface area contributed by atoms with Crippen LogP contribution in [0.4, 0.5) is 19.2 Å². The van der Waals surface area contributed by atoms with Crippen LogP contribution in [0.5, 0.6) is 23.0 Å². The number of aliphatic imine (C=N–C) groups is 2. The maximum absolute atomic E-state index is 13.5. The molecule has 0 unspecified atom stereocenters. The molecule has 0 bridgehead atoms. The normalized spacial score (nSPS) is 12.0. The maximum Gasteiger partial charge on any atom is 0.437 e. The molecular weight excluding hydrogens is 1270 g/mol. The van der Waals surface area contributed by atoms with Gasteiger partial charge in [0.25, 0.3) is 0 Å². The van der Waals surface area contributed by atoms with Crippen molar-refractivity contribution in [2.75, 3.05) is 39.3 Å². The number of amides is 6. The Bertz CT molecular complexity index is 3460. The van der Waals surface area contributed by atoms with E-state index < -0.39 is 46.8 Å². The Morgan fingerprint density at radius 1 is 0.370 bits per heavy atom. The van der Waals surface area contributed by atoms with E-state index in [-0.39, 0.29) is 63.0 Å². The van der Waals surface area contributed by atoms with Crippen LogP contribution < -0.4 is 40.2 Å². The monoisotopic (exact) mass is 1370 g/mol. The van der Waals surface area contributed by atoms with Gasteiger partial charge in [-0.15, -0.1) is 9.98 Å². The molecule has 22 nitrogen and oxygen atoms in total. The summed E-state index contributed by atoms with van der Waals surface area (Å²) in [4.78, 5) is 92.8. The van der Waals surface area contributed by atoms with Crippen molar-refractivity contribution in [3.05, 3.63) is 203 Å². The van der Waals surface area contributed by atoms with E-state index in [1.165, 1.54) is 12.2 Å². The number of alkyl carbamates (subject to hydrolysis) is 2. The third-order valence-electron chi connectivity index (χ3n) is 13.7. The Kier molecular flexibility index (Phi) is 30.6. The smallest absolute Gasteiger partial charge is 0.437 e. The molecule has 0 spiro atoms. The second-order valence-electron chi connectivity index (χ2n) is 27.2. The van der Waals surface area contributed by atoms with Crippen LogP contribution in [0.25, 0.3) is 12.2 Å². The highest BCUT2D eigenvalue weighted by Gasteiger charge is 2.27. The fourth-order valence-corrected chi connectivity index (χ4v) is 9.23. The molecule has 0 heterocycles. The van der Waals surface area contributed by atoms with Crippen LogP contribution in [0, 0.1) is 0 Å². The molecule has 0 aliphatic heterocycles. The molecule has 0 aliphatic rings. The number of hydrogen-bond acceptors (Lipinski definition) is 14. The van der Waals surface area contributed by atoms with Gasteiger partial charge in [0.2, 0.25) is 23.7 Å². The maximum atomic E-state index is 13.5. The van der Waals surface area contributed by atoms with E-state index in [1.807, 2.05) is 146 Å². The first-order valence-electron chi connectivity index (χ1n) is 33.5. The second-order valence-corrected chi connectivity index (χ2v) is 27.2. The average Bonchev–Trinajstić information content (AvgIpc) is 0.862. The van der Waals surface area contributed by atoms with Crippen molar-refractivity contribution < 1.29 is 66.7 Å². The summed E-state index contributed by atoms with van der Waals surface area (Å²) in [6, 6.07) is 50.0. The summed E-state index contributed by atoms with van der Waals surface area (Å²) in [5, 5.41) is 11.2. The standard InChI is InChI=1S/C78H98N8O14/c1-75(2,3)97-71(89)81-69(82-72(90)98-76(4,5)6)85(49-27-45-79-67(87)43-39-57-37-41-63(93-53-59-29-17-13-18-30-59)65(51-57)95-55-61-33-21-15-22-34-61)47-25-26-48-86(70(83-73(91)99-77(7,8)9)84-74(92)100-78(10,11)12)50-28-46-80-68(88)44-40-58-38-42-64(94-54-60-31-19-14-20-32-60)66(52-58)96-56-62-35-23-16-24-36-62/h13-24,29-44,51-52H,25-28,45-50,53-56H2,1-12H3,(H,79,87)(H,80,88)(H,81,82,89,90)(H,83,84,91,92)/b43-39+,44-40+. The minimum atomic E-state index is -0.978. The summed E-state index contributed by atoms with van der Waals surface area (Å²) in [5.74, 6) is 0.978. The number of guanidine groups is 2. The molecule has 0 radical (unpaired) electrons. The van der Waals surface area contributed by atoms with Gasteiger partial charge in [-0.3, -0.25) is 20.2 Å². The van der Waals surface area contributed by atoms with Crippen LogP contribution in [0.15, 0.2) is 180 Å². The number of nitrogens with one attached hydrogen (secondary N) is 4. The largest absolute Gasteiger partial charge is 0.485 e. The van der Waals surface area contributed by atoms with Gasteiger partial charge in [0.05, 0.1) is 0 Å². The number of rotatable bonds is 29. The molecule has 6 amide bonds. The molecule has 100 heavy (non-hydrogen) atoms. The summed E-state index contributed by atoms with van der Waals surface area (Å²) >= 11 is 0. The lowest BCUT2D eigenvalue weighted by atomic mass is 10.1. The Balaban J connectivity index is 1.18. The van der Waals surface area contributed by atoms with Crippen LogP contribution in [0.3, 0.4) is 0 Å². The van der Waals surface area contributed by atoms with Crippen molar-refractivity contribution in [3.8, 4) is 23.0 Å². The molecular formula is C78H98N8O14. The molecule has 4 N–H and O–H groups in total. The van der Waals surface area contributed by atoms with E-state index in [1.54, 1.807) is 117 Å². The van der Waals surface area contributed by atoms with Crippen molar-refractivity contribution in [3.63, 3.8) is 0 Å². The fourth-order valence-electron chi connectivity index (χ4n) is 9.23. The third kappa shape index (κ3) is 32.1. The van der Waals surface area contributed by atoms with E-state index in [9.17, 15) is 28.8 Å². The molecule has 0 saturated carbocycles. The predicted octanol–water partition coefficient (Wildman–Crippen LogP) is 14.8. The van der Waals surface area contributed by atoms with Gasteiger partial charge < -0.3 is 58.3 Å². The van der Waals surface area contributed by atoms with Gasteiger partial charge in [0.1, 0.15) is 48.8 Å². The number of ether oxygens (including phenoxy) is 8. The van der Waals surface area contributed by atoms with Crippen LogP contribution in [-0.2, 0) is 55.0 Å². The van der Waals surface area contributed by atoms with Crippen LogP contribution >= 0.6 is 0 Å². The predicted molar refractivity (Wildman–Crippen MR) is 388 cm³/mol. The van der Waals surface area contributed by atoms with Gasteiger partial charge in [-0.05, 0) is 179 Å². The molecule has 0 aromatic heterocycles. The van der Waals surface area contributed by atoms with Gasteiger partial charge >= 0.3 is 24.4 Å². The molecule has 6 aromatic rings. The van der Waals surface area contributed by atoms with Crippen LogP contribution in [0.2, 0.25) is 0 Å². The molecule has 6 aromatic carbocycles. The summed E-state index contributed by atoms with van der Waals surface area (Å²) in [7, 11) is 0. The molecule has 6 rings (SSSR count). The lowest BCUT2D eigenvalue weighted by molar-refractivity contribution is -0.117. The van der Waals surface area contributed by atoms with Gasteiger partial charge in [0.15, 0.2) is 23.0 Å². The molecule has 0 atom stereocenters. The Morgan fingerprint density at radius 2 is 0.660 bits per heavy atom. The first-order chi connectivity index (χ1) is 47.5. The third-order valence-corrected chi connectivity index (χ3v) is 13.7. The molecule has 0 fully saturated rings. The molecule has 0 aliphatic carbocycles. The van der Waals surface area contributed by atoms with Crippen molar-refractivity contribution in [2.45, 2.75) is 158 Å².